The lowest BCUT2D eigenvalue weighted by Crippen LogP contribution is -2.36. The van der Waals surface area contributed by atoms with Gasteiger partial charge in [0.1, 0.15) is 15.8 Å². The number of hydrogen-bond acceptors (Lipinski definition) is 7. The molecule has 0 saturated carbocycles. The van der Waals surface area contributed by atoms with E-state index in [1.807, 2.05) is 37.7 Å². The normalized spacial score (nSPS) is 19.3. The van der Waals surface area contributed by atoms with Crippen LogP contribution in [0.25, 0.3) is 11.7 Å². The van der Waals surface area contributed by atoms with Gasteiger partial charge in [0.15, 0.2) is 0 Å². The molecule has 0 aromatic carbocycles. The van der Waals surface area contributed by atoms with Crippen molar-refractivity contribution >= 4 is 63.5 Å². The van der Waals surface area contributed by atoms with Crippen LogP contribution in [-0.4, -0.2) is 55.7 Å². The minimum Gasteiger partial charge on any atom is -0.354 e. The predicted octanol–water partition coefficient (Wildman–Crippen LogP) is 2.78. The Morgan fingerprint density at radius 2 is 2.04 bits per heavy atom. The van der Waals surface area contributed by atoms with Gasteiger partial charge in [0, 0.05) is 37.3 Å². The standard InChI is InChI=1S/C19H20N4O2S3/c1-3-22-18(25)14(28-19(22)26)11-13-16(21-7-9-27-10-8-21)20-15-12(2)5-4-6-23(15)17(13)24/h4-6,11H,3,7-10H2,1-2H3/b14-11+. The molecule has 0 radical (unpaired) electrons. The molecule has 9 heteroatoms. The van der Waals surface area contributed by atoms with Gasteiger partial charge in [-0.3, -0.25) is 18.9 Å². The third kappa shape index (κ3) is 3.35. The lowest BCUT2D eigenvalue weighted by Gasteiger charge is -2.28. The van der Waals surface area contributed by atoms with E-state index >= 15 is 0 Å². The Labute approximate surface area is 177 Å². The van der Waals surface area contributed by atoms with Gasteiger partial charge in [-0.2, -0.15) is 11.8 Å². The Kier molecular flexibility index (Phi) is 5.48. The Hall–Kier alpha value is -1.84. The van der Waals surface area contributed by atoms with E-state index in [9.17, 15) is 9.59 Å². The predicted molar refractivity (Wildman–Crippen MR) is 121 cm³/mol. The number of amides is 1. The van der Waals surface area contributed by atoms with E-state index in [1.54, 1.807) is 21.6 Å². The molecule has 2 aromatic heterocycles. The van der Waals surface area contributed by atoms with Crippen molar-refractivity contribution < 1.29 is 4.79 Å². The second kappa shape index (κ2) is 7.88. The summed E-state index contributed by atoms with van der Waals surface area (Å²) in [5, 5.41) is 0. The van der Waals surface area contributed by atoms with Gasteiger partial charge in [-0.15, -0.1) is 0 Å². The fraction of sp³-hybridized carbons (Fsp3) is 0.368. The highest BCUT2D eigenvalue weighted by molar-refractivity contribution is 8.26. The highest BCUT2D eigenvalue weighted by Crippen LogP contribution is 2.33. The molecule has 2 aliphatic rings. The molecule has 4 heterocycles. The average Bonchev–Trinajstić information content (AvgIpc) is 2.97. The molecule has 1 amide bonds. The minimum atomic E-state index is -0.163. The number of fused-ring (bicyclic) bond motifs is 1. The fourth-order valence-electron chi connectivity index (χ4n) is 3.35. The highest BCUT2D eigenvalue weighted by atomic mass is 32.2. The molecule has 2 aliphatic heterocycles. The lowest BCUT2D eigenvalue weighted by molar-refractivity contribution is -0.121. The third-order valence-corrected chi connectivity index (χ3v) is 7.16. The number of carbonyl (C=O) groups excluding carboxylic acids is 1. The summed E-state index contributed by atoms with van der Waals surface area (Å²) in [5.74, 6) is 2.49. The van der Waals surface area contributed by atoms with Crippen LogP contribution < -0.4 is 10.5 Å². The molecule has 2 aromatic rings. The molecular formula is C19H20N4O2S3. The molecule has 0 atom stereocenters. The number of pyridine rings is 1. The van der Waals surface area contributed by atoms with E-state index in [-0.39, 0.29) is 11.5 Å². The molecular weight excluding hydrogens is 412 g/mol. The summed E-state index contributed by atoms with van der Waals surface area (Å²) < 4.78 is 2.09. The monoisotopic (exact) mass is 432 g/mol. The maximum Gasteiger partial charge on any atom is 0.267 e. The second-order valence-corrected chi connectivity index (χ2v) is 9.46. The number of anilines is 1. The first-order valence-corrected chi connectivity index (χ1v) is 11.5. The van der Waals surface area contributed by atoms with Crippen LogP contribution in [0.2, 0.25) is 0 Å². The number of thiocarbonyl (C=S) groups is 1. The van der Waals surface area contributed by atoms with Crippen LogP contribution in [0.1, 0.15) is 18.1 Å². The van der Waals surface area contributed by atoms with Crippen molar-refractivity contribution in [3.05, 3.63) is 44.7 Å². The topological polar surface area (TPSA) is 57.9 Å². The Morgan fingerprint density at radius 3 is 2.71 bits per heavy atom. The summed E-state index contributed by atoms with van der Waals surface area (Å²) in [5.41, 5.74) is 1.88. The molecule has 0 bridgehead atoms. The van der Waals surface area contributed by atoms with Gasteiger partial charge in [-0.1, -0.05) is 30.0 Å². The average molecular weight is 433 g/mol. The Bertz CT molecular complexity index is 1060. The van der Waals surface area contributed by atoms with Crippen molar-refractivity contribution in [3.8, 4) is 0 Å². The zero-order valence-corrected chi connectivity index (χ0v) is 18.1. The number of rotatable bonds is 3. The molecule has 6 nitrogen and oxygen atoms in total. The minimum absolute atomic E-state index is 0.147. The van der Waals surface area contributed by atoms with Crippen LogP contribution in [-0.2, 0) is 4.79 Å². The van der Waals surface area contributed by atoms with Crippen LogP contribution >= 0.6 is 35.7 Å². The van der Waals surface area contributed by atoms with Crippen molar-refractivity contribution in [1.29, 1.82) is 0 Å². The van der Waals surface area contributed by atoms with E-state index in [1.165, 1.54) is 11.8 Å². The summed E-state index contributed by atoms with van der Waals surface area (Å²) in [4.78, 5) is 35.1. The smallest absolute Gasteiger partial charge is 0.267 e. The number of likely N-dealkylation sites (N-methyl/N-ethyl adjacent to an activating group) is 1. The van der Waals surface area contributed by atoms with Crippen LogP contribution in [0, 0.1) is 6.92 Å². The molecule has 2 fully saturated rings. The summed E-state index contributed by atoms with van der Waals surface area (Å²) >= 11 is 8.45. The number of aromatic nitrogens is 2. The maximum atomic E-state index is 13.4. The van der Waals surface area contributed by atoms with Gasteiger partial charge in [-0.25, -0.2) is 4.98 Å². The van der Waals surface area contributed by atoms with Gasteiger partial charge in [-0.05, 0) is 31.6 Å². The SMILES string of the molecule is CCN1C(=O)/C(=C\c2c(N3CCSCC3)nc3c(C)cccn3c2=O)SC1=S. The zero-order valence-electron chi connectivity index (χ0n) is 15.7. The molecule has 28 heavy (non-hydrogen) atoms. The van der Waals surface area contributed by atoms with E-state index in [2.05, 4.69) is 4.90 Å². The first kappa shape index (κ1) is 19.5. The van der Waals surface area contributed by atoms with Crippen LogP contribution in [0.3, 0.4) is 0 Å². The molecule has 0 unspecified atom stereocenters. The Balaban J connectivity index is 1.92. The molecule has 0 aliphatic carbocycles. The fourth-order valence-corrected chi connectivity index (χ4v) is 5.62. The zero-order chi connectivity index (χ0) is 19.8. The van der Waals surface area contributed by atoms with E-state index in [4.69, 9.17) is 17.2 Å². The summed E-state index contributed by atoms with van der Waals surface area (Å²) in [6, 6.07) is 3.78. The van der Waals surface area contributed by atoms with Crippen molar-refractivity contribution in [3.63, 3.8) is 0 Å². The van der Waals surface area contributed by atoms with Crippen molar-refractivity contribution in [2.75, 3.05) is 36.0 Å². The van der Waals surface area contributed by atoms with Gasteiger partial charge in [0.25, 0.3) is 11.5 Å². The first-order chi connectivity index (χ1) is 13.5. The number of carbonyl (C=O) groups is 1. The summed E-state index contributed by atoms with van der Waals surface area (Å²) in [6.07, 6.45) is 3.40. The molecule has 0 spiro atoms. The van der Waals surface area contributed by atoms with Gasteiger partial charge in [0.05, 0.1) is 10.5 Å². The van der Waals surface area contributed by atoms with Crippen LogP contribution in [0.5, 0.6) is 0 Å². The van der Waals surface area contributed by atoms with Crippen LogP contribution in [0.4, 0.5) is 5.82 Å². The number of nitrogens with zero attached hydrogens (tertiary/aromatic N) is 4. The van der Waals surface area contributed by atoms with Crippen molar-refractivity contribution in [2.45, 2.75) is 13.8 Å². The molecule has 0 N–H and O–H groups in total. The maximum absolute atomic E-state index is 13.4. The van der Waals surface area contributed by atoms with Crippen molar-refractivity contribution in [2.24, 2.45) is 0 Å². The number of aryl methyl sites for hydroxylation is 1. The number of thioether (sulfide) groups is 2. The van der Waals surface area contributed by atoms with Gasteiger partial charge in [0.2, 0.25) is 0 Å². The van der Waals surface area contributed by atoms with E-state index < -0.39 is 0 Å². The van der Waals surface area contributed by atoms with E-state index in [0.29, 0.717) is 32.8 Å². The molecule has 4 rings (SSSR count). The first-order valence-electron chi connectivity index (χ1n) is 9.11. The third-order valence-electron chi connectivity index (χ3n) is 4.84. The van der Waals surface area contributed by atoms with Gasteiger partial charge < -0.3 is 4.90 Å². The second-order valence-electron chi connectivity index (χ2n) is 6.56. The lowest BCUT2D eigenvalue weighted by atomic mass is 10.2. The molecule has 146 valence electrons. The largest absolute Gasteiger partial charge is 0.354 e. The Morgan fingerprint density at radius 1 is 1.29 bits per heavy atom. The van der Waals surface area contributed by atoms with E-state index in [0.717, 1.165) is 30.2 Å². The number of hydrogen-bond donors (Lipinski definition) is 0. The van der Waals surface area contributed by atoms with Crippen LogP contribution in [0.15, 0.2) is 28.0 Å². The van der Waals surface area contributed by atoms with Crippen molar-refractivity contribution in [1.82, 2.24) is 14.3 Å². The van der Waals surface area contributed by atoms with Gasteiger partial charge >= 0.3 is 0 Å². The quantitative estimate of drug-likeness (QED) is 0.546. The molecule has 2 saturated heterocycles. The summed E-state index contributed by atoms with van der Waals surface area (Å²) in [7, 11) is 0. The summed E-state index contributed by atoms with van der Waals surface area (Å²) in [6.45, 7) is 6.02. The highest BCUT2D eigenvalue weighted by Gasteiger charge is 2.32.